The van der Waals surface area contributed by atoms with E-state index in [-0.39, 0.29) is 5.97 Å². The van der Waals surface area contributed by atoms with Gasteiger partial charge in [-0.3, -0.25) is 9.69 Å². The van der Waals surface area contributed by atoms with Gasteiger partial charge in [0.2, 0.25) is 0 Å². The van der Waals surface area contributed by atoms with Gasteiger partial charge in [-0.25, -0.2) is 0 Å². The zero-order chi connectivity index (χ0) is 13.7. The number of nitrogens with zero attached hydrogens (tertiary/aromatic N) is 1. The van der Waals surface area contributed by atoms with Crippen molar-refractivity contribution in [2.24, 2.45) is 5.92 Å². The van der Waals surface area contributed by atoms with Crippen molar-refractivity contribution in [2.75, 3.05) is 20.2 Å². The van der Waals surface area contributed by atoms with Gasteiger partial charge in [-0.15, -0.1) is 0 Å². The zero-order valence-electron chi connectivity index (χ0n) is 11.9. The number of aryl methyl sites for hydroxylation is 1. The molecule has 1 aliphatic heterocycles. The van der Waals surface area contributed by atoms with Gasteiger partial charge in [0, 0.05) is 19.5 Å². The summed E-state index contributed by atoms with van der Waals surface area (Å²) in [5.74, 6) is 0.557. The van der Waals surface area contributed by atoms with E-state index < -0.39 is 0 Å². The second kappa shape index (κ2) is 6.71. The minimum atomic E-state index is -0.0861. The highest BCUT2D eigenvalue weighted by molar-refractivity contribution is 5.69. The fourth-order valence-electron chi connectivity index (χ4n) is 2.67. The van der Waals surface area contributed by atoms with E-state index in [1.165, 1.54) is 24.7 Å². The molecule has 0 amide bonds. The van der Waals surface area contributed by atoms with E-state index in [1.54, 1.807) is 0 Å². The molecule has 0 radical (unpaired) electrons. The van der Waals surface area contributed by atoms with E-state index in [1.807, 2.05) is 0 Å². The standard InChI is InChI=1S/C16H23NO2/c1-13-3-5-14(6-4-13)11-17-10-9-15(12-17)7-8-16(18)19-2/h3-6,15H,7-12H2,1-2H3. The highest BCUT2D eigenvalue weighted by Crippen LogP contribution is 2.22. The summed E-state index contributed by atoms with van der Waals surface area (Å²) in [5.41, 5.74) is 2.68. The van der Waals surface area contributed by atoms with Crippen molar-refractivity contribution in [1.29, 1.82) is 0 Å². The molecular weight excluding hydrogens is 238 g/mol. The van der Waals surface area contributed by atoms with E-state index in [4.69, 9.17) is 4.74 Å². The van der Waals surface area contributed by atoms with Gasteiger partial charge < -0.3 is 4.74 Å². The maximum Gasteiger partial charge on any atom is 0.305 e. The molecule has 1 aromatic carbocycles. The number of esters is 1. The first-order valence-corrected chi connectivity index (χ1v) is 7.02. The van der Waals surface area contributed by atoms with Crippen LogP contribution in [0.25, 0.3) is 0 Å². The van der Waals surface area contributed by atoms with Gasteiger partial charge in [0.25, 0.3) is 0 Å². The van der Waals surface area contributed by atoms with Crippen LogP contribution in [-0.2, 0) is 16.1 Å². The Bertz CT molecular complexity index is 413. The van der Waals surface area contributed by atoms with E-state index in [0.717, 1.165) is 26.1 Å². The Morgan fingerprint density at radius 1 is 1.37 bits per heavy atom. The Morgan fingerprint density at radius 3 is 2.79 bits per heavy atom. The molecule has 0 aliphatic carbocycles. The van der Waals surface area contributed by atoms with Crippen molar-refractivity contribution in [1.82, 2.24) is 4.90 Å². The van der Waals surface area contributed by atoms with Crippen molar-refractivity contribution < 1.29 is 9.53 Å². The molecule has 0 bridgehead atoms. The number of benzene rings is 1. The average Bonchev–Trinajstić information content (AvgIpc) is 2.86. The molecule has 0 aromatic heterocycles. The van der Waals surface area contributed by atoms with E-state index in [9.17, 15) is 4.79 Å². The van der Waals surface area contributed by atoms with Crippen molar-refractivity contribution >= 4 is 5.97 Å². The van der Waals surface area contributed by atoms with Crippen LogP contribution < -0.4 is 0 Å². The number of likely N-dealkylation sites (tertiary alicyclic amines) is 1. The fourth-order valence-corrected chi connectivity index (χ4v) is 2.67. The first kappa shape index (κ1) is 14.1. The molecule has 3 heteroatoms. The molecule has 0 saturated carbocycles. The normalized spacial score (nSPS) is 19.6. The minimum absolute atomic E-state index is 0.0861. The number of methoxy groups -OCH3 is 1. The second-order valence-electron chi connectivity index (χ2n) is 5.49. The third-order valence-corrected chi connectivity index (χ3v) is 3.88. The lowest BCUT2D eigenvalue weighted by Gasteiger charge is -2.16. The first-order chi connectivity index (χ1) is 9.17. The molecule has 19 heavy (non-hydrogen) atoms. The summed E-state index contributed by atoms with van der Waals surface area (Å²) < 4.78 is 4.69. The number of hydrogen-bond acceptors (Lipinski definition) is 3. The van der Waals surface area contributed by atoms with Gasteiger partial charge in [0.15, 0.2) is 0 Å². The summed E-state index contributed by atoms with van der Waals surface area (Å²) in [6, 6.07) is 8.74. The van der Waals surface area contributed by atoms with Gasteiger partial charge in [0.1, 0.15) is 0 Å². The highest BCUT2D eigenvalue weighted by atomic mass is 16.5. The minimum Gasteiger partial charge on any atom is -0.469 e. The molecule has 1 heterocycles. The summed E-state index contributed by atoms with van der Waals surface area (Å²) in [7, 11) is 1.46. The highest BCUT2D eigenvalue weighted by Gasteiger charge is 2.22. The molecule has 3 nitrogen and oxygen atoms in total. The Hall–Kier alpha value is -1.35. The summed E-state index contributed by atoms with van der Waals surface area (Å²) in [6.07, 6.45) is 2.71. The van der Waals surface area contributed by atoms with E-state index in [0.29, 0.717) is 12.3 Å². The van der Waals surface area contributed by atoms with Crippen LogP contribution in [-0.4, -0.2) is 31.1 Å². The lowest BCUT2D eigenvalue weighted by molar-refractivity contribution is -0.140. The van der Waals surface area contributed by atoms with Crippen LogP contribution in [0.2, 0.25) is 0 Å². The van der Waals surface area contributed by atoms with Gasteiger partial charge in [-0.05, 0) is 37.8 Å². The van der Waals surface area contributed by atoms with Gasteiger partial charge in [-0.2, -0.15) is 0 Å². The predicted octanol–water partition coefficient (Wildman–Crippen LogP) is 2.77. The molecule has 0 spiro atoms. The lowest BCUT2D eigenvalue weighted by atomic mass is 10.0. The fraction of sp³-hybridized carbons (Fsp3) is 0.562. The Morgan fingerprint density at radius 2 is 2.11 bits per heavy atom. The zero-order valence-corrected chi connectivity index (χ0v) is 11.9. The molecule has 1 unspecified atom stereocenters. The Balaban J connectivity index is 1.75. The number of carbonyl (C=O) groups excluding carboxylic acids is 1. The largest absolute Gasteiger partial charge is 0.469 e. The van der Waals surface area contributed by atoms with Crippen molar-refractivity contribution in [2.45, 2.75) is 32.7 Å². The third-order valence-electron chi connectivity index (χ3n) is 3.88. The van der Waals surface area contributed by atoms with Gasteiger partial charge in [0.05, 0.1) is 7.11 Å². The van der Waals surface area contributed by atoms with Crippen molar-refractivity contribution in [3.63, 3.8) is 0 Å². The number of rotatable bonds is 5. The van der Waals surface area contributed by atoms with Gasteiger partial charge in [-0.1, -0.05) is 29.8 Å². The van der Waals surface area contributed by atoms with Crippen LogP contribution in [0.5, 0.6) is 0 Å². The monoisotopic (exact) mass is 261 g/mol. The van der Waals surface area contributed by atoms with Crippen LogP contribution in [0.15, 0.2) is 24.3 Å². The van der Waals surface area contributed by atoms with Crippen molar-refractivity contribution in [3.05, 3.63) is 35.4 Å². The smallest absolute Gasteiger partial charge is 0.305 e. The van der Waals surface area contributed by atoms with E-state index in [2.05, 4.69) is 36.1 Å². The first-order valence-electron chi connectivity index (χ1n) is 7.02. The van der Waals surface area contributed by atoms with Crippen LogP contribution >= 0.6 is 0 Å². The Kier molecular flexibility index (Phi) is 4.97. The molecule has 1 aromatic rings. The van der Waals surface area contributed by atoms with Crippen LogP contribution in [0.1, 0.15) is 30.4 Å². The van der Waals surface area contributed by atoms with Crippen molar-refractivity contribution in [3.8, 4) is 0 Å². The summed E-state index contributed by atoms with van der Waals surface area (Å²) >= 11 is 0. The summed E-state index contributed by atoms with van der Waals surface area (Å²) in [6.45, 7) is 5.38. The molecule has 2 rings (SSSR count). The summed E-state index contributed by atoms with van der Waals surface area (Å²) in [4.78, 5) is 13.6. The molecule has 1 aliphatic rings. The average molecular weight is 261 g/mol. The third kappa shape index (κ3) is 4.35. The molecule has 0 N–H and O–H groups in total. The van der Waals surface area contributed by atoms with Crippen LogP contribution in [0.3, 0.4) is 0 Å². The number of carbonyl (C=O) groups is 1. The lowest BCUT2D eigenvalue weighted by Crippen LogP contribution is -2.20. The maximum atomic E-state index is 11.1. The molecule has 1 saturated heterocycles. The predicted molar refractivity (Wildman–Crippen MR) is 75.8 cm³/mol. The molecule has 1 atom stereocenters. The SMILES string of the molecule is COC(=O)CCC1CCN(Cc2ccc(C)cc2)C1. The molecular formula is C16H23NO2. The number of hydrogen-bond donors (Lipinski definition) is 0. The second-order valence-corrected chi connectivity index (χ2v) is 5.49. The van der Waals surface area contributed by atoms with Crippen LogP contribution in [0, 0.1) is 12.8 Å². The summed E-state index contributed by atoms with van der Waals surface area (Å²) in [5, 5.41) is 0. The Labute approximate surface area is 115 Å². The maximum absolute atomic E-state index is 11.1. The molecule has 1 fully saturated rings. The van der Waals surface area contributed by atoms with Crippen LogP contribution in [0.4, 0.5) is 0 Å². The topological polar surface area (TPSA) is 29.5 Å². The quantitative estimate of drug-likeness (QED) is 0.763. The van der Waals surface area contributed by atoms with Gasteiger partial charge >= 0.3 is 5.97 Å². The number of ether oxygens (including phenoxy) is 1. The van der Waals surface area contributed by atoms with E-state index >= 15 is 0 Å². The molecule has 104 valence electrons.